The van der Waals surface area contributed by atoms with Crippen LogP contribution in [0.25, 0.3) is 0 Å². The molecule has 0 amide bonds. The molecular weight excluding hydrogens is 391 g/mol. The largest absolute Gasteiger partial charge is 0.387 e. The SMILES string of the molecule is CCC1(O)CN(Cc2c(C)cc(C3CN(c4c(Cl)cccc4Cl)C3)cc2C)C1. The maximum atomic E-state index is 10.3. The lowest BCUT2D eigenvalue weighted by Gasteiger charge is -2.46. The molecule has 2 aromatic rings. The van der Waals surface area contributed by atoms with E-state index >= 15 is 0 Å². The lowest BCUT2D eigenvalue weighted by Crippen LogP contribution is -2.60. The van der Waals surface area contributed by atoms with Crippen molar-refractivity contribution >= 4 is 28.9 Å². The molecule has 5 heteroatoms. The second kappa shape index (κ2) is 7.53. The highest BCUT2D eigenvalue weighted by atomic mass is 35.5. The predicted molar refractivity (Wildman–Crippen MR) is 118 cm³/mol. The van der Waals surface area contributed by atoms with Crippen molar-refractivity contribution in [3.05, 3.63) is 62.6 Å². The molecule has 0 aliphatic carbocycles. The van der Waals surface area contributed by atoms with Gasteiger partial charge in [0.15, 0.2) is 0 Å². The normalized spacial score (nSPS) is 19.4. The van der Waals surface area contributed by atoms with Crippen LogP contribution in [0.2, 0.25) is 10.0 Å². The third-order valence-corrected chi connectivity index (χ3v) is 7.01. The number of halogens is 2. The third kappa shape index (κ3) is 3.66. The molecule has 0 saturated carbocycles. The van der Waals surface area contributed by atoms with Gasteiger partial charge in [0.25, 0.3) is 0 Å². The summed E-state index contributed by atoms with van der Waals surface area (Å²) in [6.07, 6.45) is 0.827. The number of hydrogen-bond donors (Lipinski definition) is 1. The summed E-state index contributed by atoms with van der Waals surface area (Å²) in [4.78, 5) is 4.60. The van der Waals surface area contributed by atoms with Gasteiger partial charge in [0.1, 0.15) is 0 Å². The molecule has 2 aromatic carbocycles. The van der Waals surface area contributed by atoms with E-state index in [0.717, 1.165) is 54.9 Å². The Kier molecular flexibility index (Phi) is 5.39. The van der Waals surface area contributed by atoms with Gasteiger partial charge in [-0.2, -0.15) is 0 Å². The summed E-state index contributed by atoms with van der Waals surface area (Å²) in [5.41, 5.74) is 5.96. The first-order chi connectivity index (χ1) is 13.3. The van der Waals surface area contributed by atoms with Crippen LogP contribution in [0.15, 0.2) is 30.3 Å². The lowest BCUT2D eigenvalue weighted by atomic mass is 9.86. The van der Waals surface area contributed by atoms with E-state index in [1.165, 1.54) is 22.3 Å². The molecule has 0 radical (unpaired) electrons. The van der Waals surface area contributed by atoms with Crippen molar-refractivity contribution in [3.63, 3.8) is 0 Å². The summed E-state index contributed by atoms with van der Waals surface area (Å²) >= 11 is 12.7. The number of benzene rings is 2. The standard InChI is InChI=1S/C23H28Cl2N2O/c1-4-23(28)13-26(14-23)12-19-15(2)8-17(9-16(19)3)18-10-27(11-18)22-20(24)6-5-7-21(22)25/h5-9,18,28H,4,10-14H2,1-3H3. The van der Waals surface area contributed by atoms with Gasteiger partial charge in [-0.1, -0.05) is 48.3 Å². The quantitative estimate of drug-likeness (QED) is 0.724. The molecule has 2 fully saturated rings. The lowest BCUT2D eigenvalue weighted by molar-refractivity contribution is -0.103. The first-order valence-corrected chi connectivity index (χ1v) is 10.8. The minimum atomic E-state index is -0.475. The molecule has 4 rings (SSSR count). The minimum absolute atomic E-state index is 0.475. The van der Waals surface area contributed by atoms with Gasteiger partial charge in [-0.3, -0.25) is 4.90 Å². The number of para-hydroxylation sites is 1. The molecule has 2 heterocycles. The van der Waals surface area contributed by atoms with Gasteiger partial charge < -0.3 is 10.0 Å². The van der Waals surface area contributed by atoms with Crippen LogP contribution in [0.1, 0.15) is 41.5 Å². The van der Waals surface area contributed by atoms with E-state index in [1.807, 2.05) is 18.2 Å². The smallest absolute Gasteiger partial charge is 0.0897 e. The van der Waals surface area contributed by atoms with Crippen LogP contribution in [0.4, 0.5) is 5.69 Å². The maximum absolute atomic E-state index is 10.3. The average molecular weight is 419 g/mol. The number of aryl methyl sites for hydroxylation is 2. The molecule has 3 nitrogen and oxygen atoms in total. The summed E-state index contributed by atoms with van der Waals surface area (Å²) in [5, 5.41) is 11.7. The first kappa shape index (κ1) is 20.0. The fourth-order valence-corrected chi connectivity index (χ4v) is 5.16. The van der Waals surface area contributed by atoms with E-state index in [2.05, 4.69) is 42.7 Å². The summed E-state index contributed by atoms with van der Waals surface area (Å²) < 4.78 is 0. The summed E-state index contributed by atoms with van der Waals surface area (Å²) in [6, 6.07) is 10.4. The van der Waals surface area contributed by atoms with Crippen molar-refractivity contribution in [2.24, 2.45) is 0 Å². The Morgan fingerprint density at radius 2 is 1.64 bits per heavy atom. The highest BCUT2D eigenvalue weighted by Gasteiger charge is 2.39. The summed E-state index contributed by atoms with van der Waals surface area (Å²) in [6.45, 7) is 10.8. The molecule has 0 bridgehead atoms. The average Bonchev–Trinajstić information content (AvgIpc) is 2.57. The van der Waals surface area contributed by atoms with E-state index in [-0.39, 0.29) is 0 Å². The molecule has 2 aliphatic rings. The van der Waals surface area contributed by atoms with Crippen molar-refractivity contribution in [1.82, 2.24) is 4.90 Å². The van der Waals surface area contributed by atoms with E-state index in [0.29, 0.717) is 5.92 Å². The highest BCUT2D eigenvalue weighted by molar-refractivity contribution is 6.39. The molecule has 150 valence electrons. The van der Waals surface area contributed by atoms with Gasteiger partial charge in [0, 0.05) is 38.6 Å². The topological polar surface area (TPSA) is 26.7 Å². The van der Waals surface area contributed by atoms with Crippen molar-refractivity contribution in [1.29, 1.82) is 0 Å². The van der Waals surface area contributed by atoms with E-state index in [4.69, 9.17) is 23.2 Å². The van der Waals surface area contributed by atoms with Crippen molar-refractivity contribution in [3.8, 4) is 0 Å². The fraction of sp³-hybridized carbons (Fsp3) is 0.478. The summed E-state index contributed by atoms with van der Waals surface area (Å²) in [5.74, 6) is 0.507. The van der Waals surface area contributed by atoms with Gasteiger partial charge in [-0.15, -0.1) is 0 Å². The Morgan fingerprint density at radius 3 is 2.18 bits per heavy atom. The van der Waals surface area contributed by atoms with Crippen LogP contribution in [0.5, 0.6) is 0 Å². The molecular formula is C23H28Cl2N2O. The van der Waals surface area contributed by atoms with Crippen LogP contribution in [0.3, 0.4) is 0 Å². The van der Waals surface area contributed by atoms with Crippen molar-refractivity contribution in [2.75, 3.05) is 31.1 Å². The fourth-order valence-electron chi connectivity index (χ4n) is 4.52. The molecule has 2 saturated heterocycles. The van der Waals surface area contributed by atoms with Crippen LogP contribution < -0.4 is 4.90 Å². The predicted octanol–water partition coefficient (Wildman–Crippen LogP) is 5.17. The van der Waals surface area contributed by atoms with Gasteiger partial charge in [-0.05, 0) is 54.7 Å². The van der Waals surface area contributed by atoms with Gasteiger partial charge >= 0.3 is 0 Å². The van der Waals surface area contributed by atoms with E-state index < -0.39 is 5.60 Å². The zero-order chi connectivity index (χ0) is 20.1. The Balaban J connectivity index is 1.43. The molecule has 2 aliphatic heterocycles. The number of aliphatic hydroxyl groups is 1. The Hall–Kier alpha value is -1.26. The van der Waals surface area contributed by atoms with Crippen LogP contribution in [0, 0.1) is 13.8 Å². The van der Waals surface area contributed by atoms with Crippen molar-refractivity contribution < 1.29 is 5.11 Å². The van der Waals surface area contributed by atoms with Gasteiger partial charge in [0.2, 0.25) is 0 Å². The monoisotopic (exact) mass is 418 g/mol. The summed E-state index contributed by atoms with van der Waals surface area (Å²) in [7, 11) is 0. The van der Waals surface area contributed by atoms with Crippen LogP contribution >= 0.6 is 23.2 Å². The number of hydrogen-bond acceptors (Lipinski definition) is 3. The number of β-amino-alcohol motifs (C(OH)–C–C–N with tert-alkyl or cyclic N) is 1. The van der Waals surface area contributed by atoms with Crippen LogP contribution in [-0.4, -0.2) is 41.8 Å². The molecule has 0 spiro atoms. The first-order valence-electron chi connectivity index (χ1n) is 10.0. The zero-order valence-corrected chi connectivity index (χ0v) is 18.3. The minimum Gasteiger partial charge on any atom is -0.387 e. The Morgan fingerprint density at radius 1 is 1.07 bits per heavy atom. The van der Waals surface area contributed by atoms with E-state index in [9.17, 15) is 5.11 Å². The van der Waals surface area contributed by atoms with E-state index in [1.54, 1.807) is 0 Å². The molecule has 0 atom stereocenters. The number of anilines is 1. The second-order valence-corrected chi connectivity index (χ2v) is 9.34. The second-order valence-electron chi connectivity index (χ2n) is 8.53. The maximum Gasteiger partial charge on any atom is 0.0897 e. The Labute approximate surface area is 177 Å². The molecule has 1 N–H and O–H groups in total. The zero-order valence-electron chi connectivity index (χ0n) is 16.8. The molecule has 0 aromatic heterocycles. The van der Waals surface area contributed by atoms with Gasteiger partial charge in [0.05, 0.1) is 21.3 Å². The highest BCUT2D eigenvalue weighted by Crippen LogP contribution is 2.40. The van der Waals surface area contributed by atoms with Crippen molar-refractivity contribution in [2.45, 2.75) is 45.3 Å². The molecule has 0 unspecified atom stereocenters. The molecule has 28 heavy (non-hydrogen) atoms. The number of rotatable bonds is 5. The van der Waals surface area contributed by atoms with Gasteiger partial charge in [-0.25, -0.2) is 0 Å². The Bertz CT molecular complexity index is 843. The van der Waals surface area contributed by atoms with Crippen LogP contribution in [-0.2, 0) is 6.54 Å². The third-order valence-electron chi connectivity index (χ3n) is 6.40. The number of likely N-dealkylation sites (tertiary alicyclic amines) is 1. The number of nitrogens with zero attached hydrogens (tertiary/aromatic N) is 2.